The molecule has 2 aliphatic rings. The molecule has 2 aromatic rings. The van der Waals surface area contributed by atoms with Gasteiger partial charge in [0, 0.05) is 43.4 Å². The van der Waals surface area contributed by atoms with E-state index in [0.717, 1.165) is 67.3 Å². The zero-order valence-corrected chi connectivity index (χ0v) is 14.5. The van der Waals surface area contributed by atoms with Gasteiger partial charge in [-0.15, -0.1) is 11.3 Å². The fourth-order valence-electron chi connectivity index (χ4n) is 3.42. The predicted octanol–water partition coefficient (Wildman–Crippen LogP) is 2.58. The van der Waals surface area contributed by atoms with Gasteiger partial charge in [-0.2, -0.15) is 0 Å². The lowest BCUT2D eigenvalue weighted by atomic mass is 9.96. The third kappa shape index (κ3) is 3.17. The molecule has 1 saturated heterocycles. The molecule has 2 aromatic heterocycles. The van der Waals surface area contributed by atoms with Crippen molar-refractivity contribution in [1.29, 1.82) is 0 Å². The van der Waals surface area contributed by atoms with Crippen LogP contribution in [0.5, 0.6) is 0 Å². The van der Waals surface area contributed by atoms with Crippen LogP contribution in [-0.4, -0.2) is 35.7 Å². The summed E-state index contributed by atoms with van der Waals surface area (Å²) in [5.41, 5.74) is 2.52. The molecule has 7 heteroatoms. The van der Waals surface area contributed by atoms with E-state index in [-0.39, 0.29) is 5.91 Å². The Balaban J connectivity index is 1.31. The van der Waals surface area contributed by atoms with Crippen molar-refractivity contribution in [3.05, 3.63) is 28.1 Å². The van der Waals surface area contributed by atoms with Gasteiger partial charge in [0.2, 0.25) is 0 Å². The van der Waals surface area contributed by atoms with E-state index < -0.39 is 0 Å². The van der Waals surface area contributed by atoms with Crippen molar-refractivity contribution in [3.8, 4) is 0 Å². The van der Waals surface area contributed by atoms with Crippen molar-refractivity contribution in [3.63, 3.8) is 0 Å². The molecule has 3 heterocycles. The molecule has 1 amide bonds. The SMILES string of the molecule is O=C(NCCc1csc(N2CCCC2)n1)c1noc2c1CCCC2. The van der Waals surface area contributed by atoms with E-state index in [4.69, 9.17) is 4.52 Å². The smallest absolute Gasteiger partial charge is 0.273 e. The maximum absolute atomic E-state index is 12.3. The fourth-order valence-corrected chi connectivity index (χ4v) is 4.33. The van der Waals surface area contributed by atoms with Gasteiger partial charge < -0.3 is 14.7 Å². The zero-order valence-electron chi connectivity index (χ0n) is 13.7. The Labute approximate surface area is 145 Å². The highest BCUT2D eigenvalue weighted by Gasteiger charge is 2.23. The monoisotopic (exact) mass is 346 g/mol. The lowest BCUT2D eigenvalue weighted by Crippen LogP contribution is -2.27. The maximum atomic E-state index is 12.3. The van der Waals surface area contributed by atoms with Gasteiger partial charge >= 0.3 is 0 Å². The van der Waals surface area contributed by atoms with Gasteiger partial charge in [0.05, 0.1) is 5.69 Å². The largest absolute Gasteiger partial charge is 0.360 e. The summed E-state index contributed by atoms with van der Waals surface area (Å²) in [5.74, 6) is 0.762. The number of thiazole rings is 1. The standard InChI is InChI=1S/C17H22N4O2S/c22-16(15-13-5-1-2-6-14(13)23-20-15)18-8-7-12-11-24-17(19-12)21-9-3-4-10-21/h11H,1-10H2,(H,18,22). The normalized spacial score (nSPS) is 17.1. The van der Waals surface area contributed by atoms with Crippen LogP contribution < -0.4 is 10.2 Å². The second-order valence-corrected chi connectivity index (χ2v) is 7.30. The van der Waals surface area contributed by atoms with E-state index in [1.165, 1.54) is 12.8 Å². The minimum Gasteiger partial charge on any atom is -0.360 e. The summed E-state index contributed by atoms with van der Waals surface area (Å²) in [6.45, 7) is 2.80. The lowest BCUT2D eigenvalue weighted by molar-refractivity contribution is 0.0944. The van der Waals surface area contributed by atoms with Crippen LogP contribution in [0.25, 0.3) is 0 Å². The molecule has 128 valence electrons. The summed E-state index contributed by atoms with van der Waals surface area (Å²) in [6, 6.07) is 0. The molecule has 0 atom stereocenters. The topological polar surface area (TPSA) is 71.3 Å². The second kappa shape index (κ2) is 6.93. The molecule has 0 radical (unpaired) electrons. The Morgan fingerprint density at radius 3 is 2.96 bits per heavy atom. The van der Waals surface area contributed by atoms with Crippen LogP contribution in [0, 0.1) is 0 Å². The van der Waals surface area contributed by atoms with Crippen LogP contribution in [0.15, 0.2) is 9.90 Å². The van der Waals surface area contributed by atoms with Crippen molar-refractivity contribution in [2.24, 2.45) is 0 Å². The van der Waals surface area contributed by atoms with Crippen molar-refractivity contribution in [2.75, 3.05) is 24.5 Å². The molecule has 0 bridgehead atoms. The highest BCUT2D eigenvalue weighted by atomic mass is 32.1. The van der Waals surface area contributed by atoms with E-state index in [2.05, 4.69) is 25.7 Å². The Bertz CT molecular complexity index is 718. The summed E-state index contributed by atoms with van der Waals surface area (Å²) >= 11 is 1.70. The number of amides is 1. The number of hydrogen-bond donors (Lipinski definition) is 1. The molecule has 1 aliphatic heterocycles. The molecular formula is C17H22N4O2S. The summed E-state index contributed by atoms with van der Waals surface area (Å²) < 4.78 is 5.31. The molecule has 1 N–H and O–H groups in total. The molecular weight excluding hydrogens is 324 g/mol. The first-order valence-electron chi connectivity index (χ1n) is 8.76. The number of nitrogens with zero attached hydrogens (tertiary/aromatic N) is 3. The Hall–Kier alpha value is -1.89. The predicted molar refractivity (Wildman–Crippen MR) is 92.7 cm³/mol. The van der Waals surface area contributed by atoms with Crippen LogP contribution >= 0.6 is 11.3 Å². The van der Waals surface area contributed by atoms with Gasteiger partial charge in [0.15, 0.2) is 10.8 Å². The zero-order chi connectivity index (χ0) is 16.4. The molecule has 0 aromatic carbocycles. The minimum atomic E-state index is -0.128. The first kappa shape index (κ1) is 15.6. The number of fused-ring (bicyclic) bond motifs is 1. The third-order valence-corrected chi connectivity index (χ3v) is 5.70. The van der Waals surface area contributed by atoms with E-state index in [0.29, 0.717) is 12.2 Å². The summed E-state index contributed by atoms with van der Waals surface area (Å²) in [7, 11) is 0. The Kier molecular flexibility index (Phi) is 4.51. The van der Waals surface area contributed by atoms with Crippen molar-refractivity contribution >= 4 is 22.4 Å². The van der Waals surface area contributed by atoms with Gasteiger partial charge in [-0.25, -0.2) is 4.98 Å². The van der Waals surface area contributed by atoms with E-state index in [1.54, 1.807) is 11.3 Å². The van der Waals surface area contributed by atoms with Crippen molar-refractivity contribution in [1.82, 2.24) is 15.5 Å². The first-order valence-corrected chi connectivity index (χ1v) is 9.64. The average Bonchev–Trinajstić information content (AvgIpc) is 3.34. The van der Waals surface area contributed by atoms with Crippen LogP contribution in [0.1, 0.15) is 53.2 Å². The van der Waals surface area contributed by atoms with Crippen LogP contribution in [0.4, 0.5) is 5.13 Å². The second-order valence-electron chi connectivity index (χ2n) is 6.46. The van der Waals surface area contributed by atoms with Crippen LogP contribution in [0.2, 0.25) is 0 Å². The molecule has 0 spiro atoms. The van der Waals surface area contributed by atoms with E-state index in [9.17, 15) is 4.79 Å². The van der Waals surface area contributed by atoms with Crippen molar-refractivity contribution < 1.29 is 9.32 Å². The van der Waals surface area contributed by atoms with Crippen LogP contribution in [0.3, 0.4) is 0 Å². The molecule has 1 fully saturated rings. The summed E-state index contributed by atoms with van der Waals surface area (Å²) in [5, 5.41) is 10.1. The minimum absolute atomic E-state index is 0.128. The van der Waals surface area contributed by atoms with E-state index in [1.807, 2.05) is 0 Å². The van der Waals surface area contributed by atoms with Crippen molar-refractivity contribution in [2.45, 2.75) is 44.9 Å². The Morgan fingerprint density at radius 2 is 2.08 bits per heavy atom. The Morgan fingerprint density at radius 1 is 1.25 bits per heavy atom. The molecule has 0 unspecified atom stereocenters. The van der Waals surface area contributed by atoms with E-state index >= 15 is 0 Å². The number of hydrogen-bond acceptors (Lipinski definition) is 6. The molecule has 24 heavy (non-hydrogen) atoms. The van der Waals surface area contributed by atoms with Gasteiger partial charge in [0.25, 0.3) is 5.91 Å². The number of rotatable bonds is 5. The van der Waals surface area contributed by atoms with Gasteiger partial charge in [-0.05, 0) is 32.1 Å². The first-order chi connectivity index (χ1) is 11.8. The third-order valence-electron chi connectivity index (χ3n) is 4.75. The van der Waals surface area contributed by atoms with Gasteiger partial charge in [0.1, 0.15) is 5.76 Å². The summed E-state index contributed by atoms with van der Waals surface area (Å²) in [4.78, 5) is 19.3. The number of anilines is 1. The number of nitrogens with one attached hydrogen (secondary N) is 1. The quantitative estimate of drug-likeness (QED) is 0.901. The van der Waals surface area contributed by atoms with Gasteiger partial charge in [-0.1, -0.05) is 5.16 Å². The summed E-state index contributed by atoms with van der Waals surface area (Å²) in [6.07, 6.45) is 7.27. The number of carbonyl (C=O) groups is 1. The highest BCUT2D eigenvalue weighted by molar-refractivity contribution is 7.13. The number of carbonyl (C=O) groups excluding carboxylic acids is 1. The lowest BCUT2D eigenvalue weighted by Gasteiger charge is -2.12. The molecule has 4 rings (SSSR count). The fraction of sp³-hybridized carbons (Fsp3) is 0.588. The average molecular weight is 346 g/mol. The number of aryl methyl sites for hydroxylation is 1. The molecule has 1 aliphatic carbocycles. The van der Waals surface area contributed by atoms with Crippen LogP contribution in [-0.2, 0) is 19.3 Å². The molecule has 6 nitrogen and oxygen atoms in total. The molecule has 0 saturated carbocycles. The van der Waals surface area contributed by atoms with Gasteiger partial charge in [-0.3, -0.25) is 4.79 Å². The highest BCUT2D eigenvalue weighted by Crippen LogP contribution is 2.25. The maximum Gasteiger partial charge on any atom is 0.273 e. The number of aromatic nitrogens is 2.